The molecule has 86 valence electrons. The molecule has 0 spiro atoms. The minimum atomic E-state index is 0.738. The minimum Gasteiger partial charge on any atom is -0.198 e. The average Bonchev–Trinajstić information content (AvgIpc) is 2.26. The van der Waals surface area contributed by atoms with Gasteiger partial charge in [-0.1, -0.05) is 51.2 Å². The van der Waals surface area contributed by atoms with Gasteiger partial charge in [0.05, 0.1) is 6.07 Å². The van der Waals surface area contributed by atoms with Gasteiger partial charge in [-0.3, -0.25) is 0 Å². The number of rotatable bonds is 10. The zero-order valence-corrected chi connectivity index (χ0v) is 10.2. The Balaban J connectivity index is 2.93. The molecule has 15 heavy (non-hydrogen) atoms. The molecule has 0 aliphatic rings. The molecular formula is C14H25N. The fraction of sp³-hybridized carbons (Fsp3) is 0.786. The Kier molecular flexibility index (Phi) is 12.6. The maximum atomic E-state index is 8.35. The first-order chi connectivity index (χ1) is 7.41. The molecule has 0 unspecified atom stereocenters. The van der Waals surface area contributed by atoms with Crippen molar-refractivity contribution in [3.05, 3.63) is 12.2 Å². The third-order valence-corrected chi connectivity index (χ3v) is 2.56. The second-order valence-corrected chi connectivity index (χ2v) is 4.05. The predicted octanol–water partition coefficient (Wildman–Crippen LogP) is 4.99. The molecule has 0 fully saturated rings. The molecule has 0 saturated carbocycles. The maximum absolute atomic E-state index is 8.35. The zero-order chi connectivity index (χ0) is 11.2. The van der Waals surface area contributed by atoms with Crippen LogP contribution in [-0.4, -0.2) is 0 Å². The molecule has 0 amide bonds. The van der Waals surface area contributed by atoms with Gasteiger partial charge < -0.3 is 0 Å². The van der Waals surface area contributed by atoms with E-state index in [9.17, 15) is 0 Å². The van der Waals surface area contributed by atoms with Crippen LogP contribution in [0.4, 0.5) is 0 Å². The molecule has 0 atom stereocenters. The second kappa shape index (κ2) is 13.2. The van der Waals surface area contributed by atoms with E-state index in [4.69, 9.17) is 5.26 Å². The van der Waals surface area contributed by atoms with Gasteiger partial charge in [-0.2, -0.15) is 5.26 Å². The molecule has 0 saturated heterocycles. The lowest BCUT2D eigenvalue weighted by Gasteiger charge is -1.99. The molecule has 0 aromatic heterocycles. The SMILES string of the molecule is CC/C=C/CCCCCCCCCC#N. The van der Waals surface area contributed by atoms with E-state index in [1.807, 2.05) is 0 Å². The third-order valence-electron chi connectivity index (χ3n) is 2.56. The van der Waals surface area contributed by atoms with Crippen LogP contribution in [0.3, 0.4) is 0 Å². The first-order valence-electron chi connectivity index (χ1n) is 6.43. The number of hydrogen-bond donors (Lipinski definition) is 0. The third kappa shape index (κ3) is 13.2. The summed E-state index contributed by atoms with van der Waals surface area (Å²) in [6.45, 7) is 2.18. The van der Waals surface area contributed by atoms with Crippen molar-refractivity contribution in [1.82, 2.24) is 0 Å². The fourth-order valence-corrected chi connectivity index (χ4v) is 1.63. The van der Waals surface area contributed by atoms with Crippen LogP contribution in [0.1, 0.15) is 71.1 Å². The van der Waals surface area contributed by atoms with Crippen molar-refractivity contribution in [3.63, 3.8) is 0 Å². The van der Waals surface area contributed by atoms with E-state index in [-0.39, 0.29) is 0 Å². The first kappa shape index (κ1) is 14.2. The largest absolute Gasteiger partial charge is 0.198 e. The van der Waals surface area contributed by atoms with Crippen LogP contribution in [-0.2, 0) is 0 Å². The molecular weight excluding hydrogens is 182 g/mol. The molecule has 0 radical (unpaired) electrons. The summed E-state index contributed by atoms with van der Waals surface area (Å²) >= 11 is 0. The van der Waals surface area contributed by atoms with Crippen LogP contribution in [0, 0.1) is 11.3 Å². The number of allylic oxidation sites excluding steroid dienone is 2. The molecule has 0 aliphatic heterocycles. The Morgan fingerprint density at radius 2 is 1.47 bits per heavy atom. The highest BCUT2D eigenvalue weighted by atomic mass is 14.2. The average molecular weight is 207 g/mol. The van der Waals surface area contributed by atoms with Gasteiger partial charge in [0.1, 0.15) is 0 Å². The molecule has 0 bridgehead atoms. The lowest BCUT2D eigenvalue weighted by molar-refractivity contribution is 0.584. The molecule has 1 heteroatoms. The standard InChI is InChI=1S/C14H25N/c1-2-3-4-5-6-7-8-9-10-11-12-13-14-15/h3-4H,2,5-13H2,1H3/b4-3+. The monoisotopic (exact) mass is 207 g/mol. The number of hydrogen-bond acceptors (Lipinski definition) is 1. The van der Waals surface area contributed by atoms with Crippen molar-refractivity contribution in [3.8, 4) is 6.07 Å². The van der Waals surface area contributed by atoms with Crippen molar-refractivity contribution >= 4 is 0 Å². The number of nitrogens with zero attached hydrogens (tertiary/aromatic N) is 1. The second-order valence-electron chi connectivity index (χ2n) is 4.05. The molecule has 1 nitrogen and oxygen atoms in total. The fourth-order valence-electron chi connectivity index (χ4n) is 1.63. The molecule has 0 N–H and O–H groups in total. The van der Waals surface area contributed by atoms with E-state index >= 15 is 0 Å². The van der Waals surface area contributed by atoms with Gasteiger partial charge in [0.25, 0.3) is 0 Å². The van der Waals surface area contributed by atoms with Gasteiger partial charge in [0, 0.05) is 6.42 Å². The normalized spacial score (nSPS) is 10.7. The predicted molar refractivity (Wildman–Crippen MR) is 66.6 cm³/mol. The van der Waals surface area contributed by atoms with Gasteiger partial charge in [-0.05, 0) is 25.7 Å². The summed E-state index contributed by atoms with van der Waals surface area (Å²) in [5.74, 6) is 0. The lowest BCUT2D eigenvalue weighted by Crippen LogP contribution is -1.80. The van der Waals surface area contributed by atoms with E-state index in [0.29, 0.717) is 0 Å². The van der Waals surface area contributed by atoms with Crippen molar-refractivity contribution in [2.45, 2.75) is 71.1 Å². The van der Waals surface area contributed by atoms with Crippen molar-refractivity contribution < 1.29 is 0 Å². The van der Waals surface area contributed by atoms with Crippen LogP contribution in [0.25, 0.3) is 0 Å². The quantitative estimate of drug-likeness (QED) is 0.366. The van der Waals surface area contributed by atoms with Crippen LogP contribution >= 0.6 is 0 Å². The van der Waals surface area contributed by atoms with Crippen LogP contribution in [0.5, 0.6) is 0 Å². The highest BCUT2D eigenvalue weighted by molar-refractivity contribution is 4.79. The summed E-state index contributed by atoms with van der Waals surface area (Å²) in [7, 11) is 0. The zero-order valence-electron chi connectivity index (χ0n) is 10.2. The van der Waals surface area contributed by atoms with Gasteiger partial charge in [-0.25, -0.2) is 0 Å². The summed E-state index contributed by atoms with van der Waals surface area (Å²) in [5.41, 5.74) is 0. The molecule has 0 aromatic rings. The topological polar surface area (TPSA) is 23.8 Å². The smallest absolute Gasteiger partial charge is 0.0621 e. The van der Waals surface area contributed by atoms with Crippen molar-refractivity contribution in [2.24, 2.45) is 0 Å². The van der Waals surface area contributed by atoms with E-state index in [1.165, 1.54) is 51.4 Å². The van der Waals surface area contributed by atoms with Gasteiger partial charge in [-0.15, -0.1) is 0 Å². The highest BCUT2D eigenvalue weighted by Gasteiger charge is 1.90. The van der Waals surface area contributed by atoms with Crippen LogP contribution in [0.2, 0.25) is 0 Å². The summed E-state index contributed by atoms with van der Waals surface area (Å²) in [5, 5.41) is 8.35. The number of nitriles is 1. The van der Waals surface area contributed by atoms with E-state index in [2.05, 4.69) is 25.1 Å². The van der Waals surface area contributed by atoms with E-state index in [0.717, 1.165) is 12.8 Å². The maximum Gasteiger partial charge on any atom is 0.0621 e. The molecule has 0 heterocycles. The summed E-state index contributed by atoms with van der Waals surface area (Å²) in [6.07, 6.45) is 16.8. The first-order valence-corrected chi connectivity index (χ1v) is 6.43. The summed E-state index contributed by atoms with van der Waals surface area (Å²) < 4.78 is 0. The van der Waals surface area contributed by atoms with E-state index < -0.39 is 0 Å². The highest BCUT2D eigenvalue weighted by Crippen LogP contribution is 2.09. The van der Waals surface area contributed by atoms with Crippen molar-refractivity contribution in [2.75, 3.05) is 0 Å². The Morgan fingerprint density at radius 1 is 0.867 bits per heavy atom. The molecule has 0 aromatic carbocycles. The Morgan fingerprint density at radius 3 is 2.07 bits per heavy atom. The van der Waals surface area contributed by atoms with Gasteiger partial charge >= 0.3 is 0 Å². The van der Waals surface area contributed by atoms with Gasteiger partial charge in [0.2, 0.25) is 0 Å². The molecule has 0 aliphatic carbocycles. The Hall–Kier alpha value is -0.770. The van der Waals surface area contributed by atoms with Gasteiger partial charge in [0.15, 0.2) is 0 Å². The lowest BCUT2D eigenvalue weighted by atomic mass is 10.1. The van der Waals surface area contributed by atoms with Crippen LogP contribution < -0.4 is 0 Å². The Bertz CT molecular complexity index is 176. The summed E-state index contributed by atoms with van der Waals surface area (Å²) in [4.78, 5) is 0. The molecule has 0 rings (SSSR count). The minimum absolute atomic E-state index is 0.738. The van der Waals surface area contributed by atoms with Crippen molar-refractivity contribution in [1.29, 1.82) is 5.26 Å². The van der Waals surface area contributed by atoms with E-state index in [1.54, 1.807) is 0 Å². The summed E-state index contributed by atoms with van der Waals surface area (Å²) in [6, 6.07) is 2.19. The Labute approximate surface area is 95.2 Å². The number of unbranched alkanes of at least 4 members (excludes halogenated alkanes) is 8. The van der Waals surface area contributed by atoms with Crippen LogP contribution in [0.15, 0.2) is 12.2 Å².